The number of aromatic nitrogens is 3. The molecule has 0 amide bonds. The van der Waals surface area contributed by atoms with Crippen LogP contribution in [0.5, 0.6) is 0 Å². The molecule has 4 rings (SSSR count). The largest absolute Gasteiger partial charge is 0.381 e. The van der Waals surface area contributed by atoms with Crippen LogP contribution < -0.4 is 0 Å². The van der Waals surface area contributed by atoms with Gasteiger partial charge in [-0.2, -0.15) is 0 Å². The fourth-order valence-corrected chi connectivity index (χ4v) is 3.14. The van der Waals surface area contributed by atoms with Crippen LogP contribution in [0.1, 0.15) is 18.9 Å². The van der Waals surface area contributed by atoms with E-state index in [1.165, 1.54) is 5.56 Å². The Morgan fingerprint density at radius 3 is 2.43 bits per heavy atom. The van der Waals surface area contributed by atoms with Crippen molar-refractivity contribution in [3.05, 3.63) is 61.2 Å². The Morgan fingerprint density at radius 1 is 0.913 bits per heavy atom. The van der Waals surface area contributed by atoms with E-state index in [4.69, 9.17) is 4.74 Å². The van der Waals surface area contributed by atoms with Gasteiger partial charge in [-0.1, -0.05) is 30.3 Å². The summed E-state index contributed by atoms with van der Waals surface area (Å²) in [6.45, 7) is 1.67. The maximum atomic E-state index is 5.47. The molecule has 1 fully saturated rings. The fraction of sp³-hybridized carbons (Fsp3) is 0.263. The van der Waals surface area contributed by atoms with Crippen molar-refractivity contribution in [2.75, 3.05) is 13.2 Å². The van der Waals surface area contributed by atoms with Gasteiger partial charge in [-0.25, -0.2) is 4.98 Å². The van der Waals surface area contributed by atoms with Crippen LogP contribution in [0, 0.1) is 0 Å². The number of ether oxygens (including phenoxy) is 1. The smallest absolute Gasteiger partial charge is 0.140 e. The normalized spacial score (nSPS) is 15.7. The summed E-state index contributed by atoms with van der Waals surface area (Å²) >= 11 is 0. The molecule has 0 spiro atoms. The van der Waals surface area contributed by atoms with Crippen molar-refractivity contribution in [1.29, 1.82) is 0 Å². The Bertz CT molecular complexity index is 759. The van der Waals surface area contributed by atoms with Crippen LogP contribution in [0.25, 0.3) is 22.5 Å². The maximum absolute atomic E-state index is 5.47. The van der Waals surface area contributed by atoms with E-state index in [0.717, 1.165) is 43.0 Å². The van der Waals surface area contributed by atoms with E-state index in [0.29, 0.717) is 6.04 Å². The molecule has 23 heavy (non-hydrogen) atoms. The van der Waals surface area contributed by atoms with Gasteiger partial charge in [0.15, 0.2) is 0 Å². The summed E-state index contributed by atoms with van der Waals surface area (Å²) in [6, 6.07) is 13.1. The van der Waals surface area contributed by atoms with Crippen molar-refractivity contribution >= 4 is 0 Å². The van der Waals surface area contributed by atoms with Gasteiger partial charge in [0, 0.05) is 49.6 Å². The molecule has 1 aliphatic rings. The predicted molar refractivity (Wildman–Crippen MR) is 90.0 cm³/mol. The standard InChI is InChI=1S/C19H19N3O/c1-2-17(14-20-9-1)15-3-5-16(6-4-15)19-21-10-11-22(19)18-7-12-23-13-8-18/h1-6,9-11,14,18H,7-8,12-13H2. The highest BCUT2D eigenvalue weighted by atomic mass is 16.5. The quantitative estimate of drug-likeness (QED) is 0.735. The first-order chi connectivity index (χ1) is 11.4. The van der Waals surface area contributed by atoms with Crippen molar-refractivity contribution in [3.8, 4) is 22.5 Å². The summed E-state index contributed by atoms with van der Waals surface area (Å²) in [6.07, 6.45) is 9.76. The van der Waals surface area contributed by atoms with Crippen molar-refractivity contribution in [1.82, 2.24) is 14.5 Å². The molecule has 1 aromatic carbocycles. The highest BCUT2D eigenvalue weighted by Crippen LogP contribution is 2.28. The molecule has 3 aromatic rings. The molecule has 0 saturated carbocycles. The second-order valence-corrected chi connectivity index (χ2v) is 5.82. The Hall–Kier alpha value is -2.46. The fourth-order valence-electron chi connectivity index (χ4n) is 3.14. The van der Waals surface area contributed by atoms with Crippen molar-refractivity contribution < 1.29 is 4.74 Å². The Labute approximate surface area is 135 Å². The zero-order valence-electron chi connectivity index (χ0n) is 12.9. The van der Waals surface area contributed by atoms with Crippen molar-refractivity contribution in [2.24, 2.45) is 0 Å². The zero-order chi connectivity index (χ0) is 15.5. The molecule has 4 heteroatoms. The molecule has 4 nitrogen and oxygen atoms in total. The molecule has 0 radical (unpaired) electrons. The van der Waals surface area contributed by atoms with E-state index >= 15 is 0 Å². The van der Waals surface area contributed by atoms with Crippen LogP contribution in [-0.4, -0.2) is 27.7 Å². The van der Waals surface area contributed by atoms with Crippen molar-refractivity contribution in [2.45, 2.75) is 18.9 Å². The molecule has 1 aliphatic heterocycles. The minimum absolute atomic E-state index is 0.485. The number of benzene rings is 1. The van der Waals surface area contributed by atoms with Crippen LogP contribution in [0.15, 0.2) is 61.2 Å². The number of rotatable bonds is 3. The summed E-state index contributed by atoms with van der Waals surface area (Å²) in [5.74, 6) is 1.04. The second kappa shape index (κ2) is 6.34. The molecule has 0 bridgehead atoms. The third-order valence-electron chi connectivity index (χ3n) is 4.39. The van der Waals surface area contributed by atoms with Crippen LogP contribution >= 0.6 is 0 Å². The van der Waals surface area contributed by atoms with Crippen LogP contribution in [0.2, 0.25) is 0 Å². The summed E-state index contributed by atoms with van der Waals surface area (Å²) in [5, 5.41) is 0. The van der Waals surface area contributed by atoms with E-state index < -0.39 is 0 Å². The lowest BCUT2D eigenvalue weighted by molar-refractivity contribution is 0.0700. The van der Waals surface area contributed by atoms with Gasteiger partial charge in [0.25, 0.3) is 0 Å². The summed E-state index contributed by atoms with van der Waals surface area (Å²) in [7, 11) is 0. The predicted octanol–water partition coefficient (Wildman–Crippen LogP) is 3.96. The molecular formula is C19H19N3O. The zero-order valence-corrected chi connectivity index (χ0v) is 12.9. The lowest BCUT2D eigenvalue weighted by Gasteiger charge is -2.25. The van der Waals surface area contributed by atoms with Gasteiger partial charge in [0.05, 0.1) is 0 Å². The Balaban J connectivity index is 1.63. The van der Waals surface area contributed by atoms with E-state index in [1.54, 1.807) is 6.20 Å². The molecule has 0 atom stereocenters. The van der Waals surface area contributed by atoms with E-state index in [-0.39, 0.29) is 0 Å². The molecular weight excluding hydrogens is 286 g/mol. The Kier molecular flexibility index (Phi) is 3.90. The van der Waals surface area contributed by atoms with E-state index in [1.807, 2.05) is 18.5 Å². The average Bonchev–Trinajstić information content (AvgIpc) is 3.13. The van der Waals surface area contributed by atoms with Gasteiger partial charge < -0.3 is 9.30 Å². The monoisotopic (exact) mass is 305 g/mol. The minimum atomic E-state index is 0.485. The topological polar surface area (TPSA) is 39.9 Å². The summed E-state index contributed by atoms with van der Waals surface area (Å²) in [4.78, 5) is 8.75. The van der Waals surface area contributed by atoms with Gasteiger partial charge >= 0.3 is 0 Å². The van der Waals surface area contributed by atoms with Crippen LogP contribution in [0.4, 0.5) is 0 Å². The number of pyridine rings is 1. The first-order valence-electron chi connectivity index (χ1n) is 8.03. The lowest BCUT2D eigenvalue weighted by Crippen LogP contribution is -2.19. The van der Waals surface area contributed by atoms with Crippen LogP contribution in [0.3, 0.4) is 0 Å². The molecule has 0 unspecified atom stereocenters. The molecule has 3 heterocycles. The number of hydrogen-bond donors (Lipinski definition) is 0. The van der Waals surface area contributed by atoms with E-state index in [9.17, 15) is 0 Å². The SMILES string of the molecule is c1cncc(-c2ccc(-c3nccn3C3CCOCC3)cc2)c1. The second-order valence-electron chi connectivity index (χ2n) is 5.82. The van der Waals surface area contributed by atoms with Gasteiger partial charge in [-0.05, 0) is 30.0 Å². The highest BCUT2D eigenvalue weighted by Gasteiger charge is 2.18. The summed E-state index contributed by atoms with van der Waals surface area (Å²) in [5.41, 5.74) is 3.45. The first-order valence-corrected chi connectivity index (χ1v) is 8.03. The highest BCUT2D eigenvalue weighted by molar-refractivity contribution is 5.67. The third-order valence-corrected chi connectivity index (χ3v) is 4.39. The number of imidazole rings is 1. The van der Waals surface area contributed by atoms with Gasteiger partial charge in [0.1, 0.15) is 5.82 Å². The third kappa shape index (κ3) is 2.90. The molecule has 116 valence electrons. The Morgan fingerprint density at radius 2 is 1.70 bits per heavy atom. The maximum Gasteiger partial charge on any atom is 0.140 e. The molecule has 1 saturated heterocycles. The minimum Gasteiger partial charge on any atom is -0.381 e. The van der Waals surface area contributed by atoms with Crippen molar-refractivity contribution in [3.63, 3.8) is 0 Å². The van der Waals surface area contributed by atoms with Crippen LogP contribution in [-0.2, 0) is 4.74 Å². The van der Waals surface area contributed by atoms with E-state index in [2.05, 4.69) is 51.1 Å². The van der Waals surface area contributed by atoms with Gasteiger partial charge in [-0.3, -0.25) is 4.98 Å². The van der Waals surface area contributed by atoms with Gasteiger partial charge in [-0.15, -0.1) is 0 Å². The molecule has 0 aliphatic carbocycles. The first kappa shape index (κ1) is 14.2. The van der Waals surface area contributed by atoms with Gasteiger partial charge in [0.2, 0.25) is 0 Å². The molecule has 2 aromatic heterocycles. The lowest BCUT2D eigenvalue weighted by atomic mass is 10.0. The molecule has 0 N–H and O–H groups in total. The summed E-state index contributed by atoms with van der Waals surface area (Å²) < 4.78 is 7.76. The average molecular weight is 305 g/mol. The number of nitrogens with zero attached hydrogens (tertiary/aromatic N) is 3. The number of hydrogen-bond acceptors (Lipinski definition) is 3.